The fourth-order valence-corrected chi connectivity index (χ4v) is 3.99. The Morgan fingerprint density at radius 2 is 1.88 bits per heavy atom. The predicted molar refractivity (Wildman–Crippen MR) is 101 cm³/mol. The highest BCUT2D eigenvalue weighted by atomic mass is 16.5. The molecular formula is C19H31N5O2. The molecule has 1 aliphatic heterocycles. The molecule has 2 heterocycles. The summed E-state index contributed by atoms with van der Waals surface area (Å²) in [6.07, 6.45) is 5.17. The Balaban J connectivity index is 1.77. The maximum absolute atomic E-state index is 13.0. The predicted octanol–water partition coefficient (Wildman–Crippen LogP) is 1.66. The highest BCUT2D eigenvalue weighted by molar-refractivity contribution is 5.91. The first kappa shape index (κ1) is 19.0. The third-order valence-corrected chi connectivity index (χ3v) is 5.92. The zero-order chi connectivity index (χ0) is 18.8. The standard InChI is InChI=1S/C19H31N5O2/c1-12-13(2)21-17(22-18(12)24-10-9-14(20)11-24)19(25)23(3)15-5-7-16(26-4)8-6-15/h14-16H,5-11,20H2,1-4H3/t14-,15?,16?/m1/s1. The second-order valence-corrected chi connectivity index (χ2v) is 7.66. The number of rotatable bonds is 4. The number of nitrogens with zero attached hydrogens (tertiary/aromatic N) is 4. The van der Waals surface area contributed by atoms with E-state index in [1.807, 2.05) is 25.8 Å². The van der Waals surface area contributed by atoms with Crippen LogP contribution in [-0.2, 0) is 4.74 Å². The minimum absolute atomic E-state index is 0.0984. The molecule has 26 heavy (non-hydrogen) atoms. The highest BCUT2D eigenvalue weighted by Crippen LogP contribution is 2.26. The molecule has 0 aromatic carbocycles. The van der Waals surface area contributed by atoms with E-state index in [0.717, 1.165) is 62.3 Å². The maximum Gasteiger partial charge on any atom is 0.291 e. The van der Waals surface area contributed by atoms with Gasteiger partial charge in [-0.05, 0) is 46.0 Å². The first-order chi connectivity index (χ1) is 12.4. The average molecular weight is 361 g/mol. The zero-order valence-electron chi connectivity index (χ0n) is 16.4. The van der Waals surface area contributed by atoms with Crippen molar-refractivity contribution in [2.75, 3.05) is 32.1 Å². The number of nitrogens with two attached hydrogens (primary N) is 1. The molecular weight excluding hydrogens is 330 g/mol. The van der Waals surface area contributed by atoms with Gasteiger partial charge < -0.3 is 20.3 Å². The molecule has 7 heteroatoms. The minimum atomic E-state index is -0.0984. The van der Waals surface area contributed by atoms with Crippen molar-refractivity contribution in [2.24, 2.45) is 5.73 Å². The lowest BCUT2D eigenvalue weighted by Gasteiger charge is -2.34. The molecule has 0 bridgehead atoms. The summed E-state index contributed by atoms with van der Waals surface area (Å²) < 4.78 is 5.43. The summed E-state index contributed by atoms with van der Waals surface area (Å²) >= 11 is 0. The van der Waals surface area contributed by atoms with Crippen LogP contribution in [0.1, 0.15) is 54.0 Å². The number of aromatic nitrogens is 2. The molecule has 1 saturated carbocycles. The van der Waals surface area contributed by atoms with Crippen molar-refractivity contribution in [3.05, 3.63) is 17.1 Å². The number of carbonyl (C=O) groups excluding carboxylic acids is 1. The SMILES string of the molecule is COC1CCC(N(C)C(=O)c2nc(C)c(C)c(N3CC[C@@H](N)C3)n2)CC1. The smallest absolute Gasteiger partial charge is 0.291 e. The molecule has 1 aliphatic carbocycles. The van der Waals surface area contributed by atoms with Gasteiger partial charge in [-0.25, -0.2) is 9.97 Å². The first-order valence-electron chi connectivity index (χ1n) is 9.56. The van der Waals surface area contributed by atoms with Gasteiger partial charge in [-0.3, -0.25) is 4.79 Å². The van der Waals surface area contributed by atoms with Gasteiger partial charge in [-0.1, -0.05) is 0 Å². The molecule has 1 saturated heterocycles. The van der Waals surface area contributed by atoms with Gasteiger partial charge in [0.15, 0.2) is 0 Å². The Labute approximate surface area is 155 Å². The number of ether oxygens (including phenoxy) is 1. The monoisotopic (exact) mass is 361 g/mol. The van der Waals surface area contributed by atoms with Crippen molar-refractivity contribution in [3.8, 4) is 0 Å². The molecule has 0 unspecified atom stereocenters. The molecule has 1 amide bonds. The highest BCUT2D eigenvalue weighted by Gasteiger charge is 2.30. The Bertz CT molecular complexity index is 658. The van der Waals surface area contributed by atoms with Gasteiger partial charge in [0.25, 0.3) is 5.91 Å². The molecule has 2 fully saturated rings. The Morgan fingerprint density at radius 1 is 1.19 bits per heavy atom. The molecule has 1 aromatic heterocycles. The summed E-state index contributed by atoms with van der Waals surface area (Å²) in [4.78, 5) is 26.1. The average Bonchev–Trinajstić information content (AvgIpc) is 3.08. The normalized spacial score (nSPS) is 26.2. The van der Waals surface area contributed by atoms with E-state index in [0.29, 0.717) is 11.9 Å². The second kappa shape index (κ2) is 7.88. The molecule has 3 rings (SSSR count). The second-order valence-electron chi connectivity index (χ2n) is 7.66. The van der Waals surface area contributed by atoms with Gasteiger partial charge in [0.05, 0.1) is 6.10 Å². The van der Waals surface area contributed by atoms with Crippen LogP contribution in [0.5, 0.6) is 0 Å². The number of carbonyl (C=O) groups is 1. The number of hydrogen-bond acceptors (Lipinski definition) is 6. The fourth-order valence-electron chi connectivity index (χ4n) is 3.99. The van der Waals surface area contributed by atoms with Gasteiger partial charge >= 0.3 is 0 Å². The molecule has 0 spiro atoms. The van der Waals surface area contributed by atoms with Crippen molar-refractivity contribution in [3.63, 3.8) is 0 Å². The minimum Gasteiger partial charge on any atom is -0.381 e. The molecule has 2 N–H and O–H groups in total. The van der Waals surface area contributed by atoms with Gasteiger partial charge in [-0.15, -0.1) is 0 Å². The third-order valence-electron chi connectivity index (χ3n) is 5.92. The largest absolute Gasteiger partial charge is 0.381 e. The quantitative estimate of drug-likeness (QED) is 0.878. The number of hydrogen-bond donors (Lipinski definition) is 1. The number of anilines is 1. The number of amides is 1. The summed E-state index contributed by atoms with van der Waals surface area (Å²) in [6.45, 7) is 5.61. The van der Waals surface area contributed by atoms with Crippen molar-refractivity contribution in [2.45, 2.75) is 64.1 Å². The van der Waals surface area contributed by atoms with E-state index in [9.17, 15) is 4.79 Å². The van der Waals surface area contributed by atoms with Crippen LogP contribution in [0.2, 0.25) is 0 Å². The van der Waals surface area contributed by atoms with Crippen LogP contribution in [0.4, 0.5) is 5.82 Å². The summed E-state index contributed by atoms with van der Waals surface area (Å²) in [5, 5.41) is 0. The van der Waals surface area contributed by atoms with E-state index in [1.54, 1.807) is 7.11 Å². The van der Waals surface area contributed by atoms with Crippen LogP contribution in [0.25, 0.3) is 0 Å². The van der Waals surface area contributed by atoms with Crippen LogP contribution >= 0.6 is 0 Å². The van der Waals surface area contributed by atoms with Crippen molar-refractivity contribution < 1.29 is 9.53 Å². The molecule has 1 aromatic rings. The van der Waals surface area contributed by atoms with Gasteiger partial charge in [0.2, 0.25) is 5.82 Å². The van der Waals surface area contributed by atoms with Crippen molar-refractivity contribution in [1.82, 2.24) is 14.9 Å². The Hall–Kier alpha value is -1.73. The zero-order valence-corrected chi connectivity index (χ0v) is 16.4. The van der Waals surface area contributed by atoms with Crippen LogP contribution < -0.4 is 10.6 Å². The molecule has 144 valence electrons. The van der Waals surface area contributed by atoms with E-state index >= 15 is 0 Å². The van der Waals surface area contributed by atoms with Crippen molar-refractivity contribution >= 4 is 11.7 Å². The van der Waals surface area contributed by atoms with Crippen molar-refractivity contribution in [1.29, 1.82) is 0 Å². The Morgan fingerprint density at radius 3 is 2.46 bits per heavy atom. The molecule has 7 nitrogen and oxygen atoms in total. The lowest BCUT2D eigenvalue weighted by Crippen LogP contribution is -2.41. The summed E-state index contributed by atoms with van der Waals surface area (Å²) in [7, 11) is 3.62. The molecule has 2 aliphatic rings. The van der Waals surface area contributed by atoms with E-state index in [-0.39, 0.29) is 18.0 Å². The van der Waals surface area contributed by atoms with E-state index in [2.05, 4.69) is 14.9 Å². The van der Waals surface area contributed by atoms with Gasteiger partial charge in [0.1, 0.15) is 5.82 Å². The van der Waals surface area contributed by atoms with Crippen LogP contribution in [0.3, 0.4) is 0 Å². The Kier molecular flexibility index (Phi) is 5.77. The summed E-state index contributed by atoms with van der Waals surface area (Å²) in [5.41, 5.74) is 7.93. The maximum atomic E-state index is 13.0. The molecule has 0 radical (unpaired) electrons. The fraction of sp³-hybridized carbons (Fsp3) is 0.737. The third kappa shape index (κ3) is 3.83. The first-order valence-corrected chi connectivity index (χ1v) is 9.56. The summed E-state index contributed by atoms with van der Waals surface area (Å²) in [5.74, 6) is 1.05. The van der Waals surface area contributed by atoms with E-state index < -0.39 is 0 Å². The van der Waals surface area contributed by atoms with Crippen LogP contribution in [0, 0.1) is 13.8 Å². The lowest BCUT2D eigenvalue weighted by atomic mass is 9.92. The molecule has 1 atom stereocenters. The van der Waals surface area contributed by atoms with Crippen LogP contribution in [0.15, 0.2) is 0 Å². The van der Waals surface area contributed by atoms with E-state index in [4.69, 9.17) is 10.5 Å². The topological polar surface area (TPSA) is 84.6 Å². The lowest BCUT2D eigenvalue weighted by molar-refractivity contribution is 0.0380. The van der Waals surface area contributed by atoms with Crippen LogP contribution in [-0.4, -0.2) is 66.2 Å². The number of methoxy groups -OCH3 is 1. The number of aryl methyl sites for hydroxylation is 1. The van der Waals surface area contributed by atoms with Gasteiger partial charge in [0, 0.05) is 50.6 Å². The van der Waals surface area contributed by atoms with E-state index in [1.165, 1.54) is 0 Å². The summed E-state index contributed by atoms with van der Waals surface area (Å²) in [6, 6.07) is 0.394. The van der Waals surface area contributed by atoms with Gasteiger partial charge in [-0.2, -0.15) is 0 Å².